The molecule has 3 saturated carbocycles. The molecule has 0 spiro atoms. The van der Waals surface area contributed by atoms with Gasteiger partial charge in [-0.2, -0.15) is 0 Å². The van der Waals surface area contributed by atoms with Crippen LogP contribution < -0.4 is 0 Å². The quantitative estimate of drug-likeness (QED) is 0.303. The van der Waals surface area contributed by atoms with Crippen molar-refractivity contribution in [2.75, 3.05) is 0 Å². The molecule has 0 N–H and O–H groups in total. The molecule has 0 saturated heterocycles. The van der Waals surface area contributed by atoms with Crippen molar-refractivity contribution < 1.29 is 9.53 Å². The Hall–Kier alpha value is -1.57. The molecule has 0 aliphatic heterocycles. The number of allylic oxidation sites excluding steroid dienone is 1. The van der Waals surface area contributed by atoms with E-state index in [0.29, 0.717) is 16.4 Å². The van der Waals surface area contributed by atoms with Gasteiger partial charge in [0.05, 0.1) is 5.56 Å². The lowest BCUT2D eigenvalue weighted by atomic mass is 9.47. The first kappa shape index (κ1) is 25.1. The fourth-order valence-corrected chi connectivity index (χ4v) is 9.29. The molecule has 0 heterocycles. The lowest BCUT2D eigenvalue weighted by Crippen LogP contribution is -2.51. The third kappa shape index (κ3) is 4.53. The summed E-state index contributed by atoms with van der Waals surface area (Å²) in [4.78, 5) is 12.7. The van der Waals surface area contributed by atoms with Gasteiger partial charge in [-0.25, -0.2) is 4.79 Å². The van der Waals surface area contributed by atoms with Crippen LogP contribution in [0.15, 0.2) is 42.0 Å². The number of hydrogen-bond donors (Lipinski definition) is 0. The standard InChI is InChI=1S/C33H48O2/c1-22(2)11-12-23(3)28-15-16-29-27-14-13-25-21-26(35-31(34)24-9-7-6-8-10-24)17-19-32(25,4)30(27)18-20-33(28,29)5/h6-10,13,22-23,26-30H,11-12,14-21H2,1-5H3. The van der Waals surface area contributed by atoms with Gasteiger partial charge in [-0.3, -0.25) is 0 Å². The van der Waals surface area contributed by atoms with E-state index in [1.54, 1.807) is 5.57 Å². The zero-order valence-corrected chi connectivity index (χ0v) is 22.9. The Morgan fingerprint density at radius 1 is 0.971 bits per heavy atom. The topological polar surface area (TPSA) is 26.3 Å². The highest BCUT2D eigenvalue weighted by molar-refractivity contribution is 5.89. The number of carbonyl (C=O) groups excluding carboxylic acids is 1. The van der Waals surface area contributed by atoms with E-state index in [0.717, 1.165) is 48.3 Å². The molecule has 0 radical (unpaired) electrons. The molecular formula is C33H48O2. The van der Waals surface area contributed by atoms with E-state index in [4.69, 9.17) is 4.74 Å². The normalized spacial score (nSPS) is 39.3. The molecule has 0 bridgehead atoms. The molecule has 8 unspecified atom stereocenters. The van der Waals surface area contributed by atoms with Gasteiger partial charge >= 0.3 is 5.97 Å². The number of fused-ring (bicyclic) bond motifs is 5. The van der Waals surface area contributed by atoms with Crippen LogP contribution in [0, 0.1) is 46.3 Å². The second-order valence-corrected chi connectivity index (χ2v) is 13.6. The summed E-state index contributed by atoms with van der Waals surface area (Å²) in [7, 11) is 0. The molecule has 0 amide bonds. The van der Waals surface area contributed by atoms with Gasteiger partial charge in [-0.1, -0.05) is 77.3 Å². The van der Waals surface area contributed by atoms with Crippen LogP contribution in [0.4, 0.5) is 0 Å². The van der Waals surface area contributed by atoms with Crippen LogP contribution in [-0.4, -0.2) is 12.1 Å². The lowest BCUT2D eigenvalue weighted by molar-refractivity contribution is -0.0595. The Morgan fingerprint density at radius 2 is 1.74 bits per heavy atom. The largest absolute Gasteiger partial charge is 0.458 e. The van der Waals surface area contributed by atoms with E-state index in [2.05, 4.69) is 40.7 Å². The molecule has 5 rings (SSSR count). The Kier molecular flexibility index (Phi) is 6.96. The minimum atomic E-state index is -0.162. The van der Waals surface area contributed by atoms with Crippen LogP contribution in [0.3, 0.4) is 0 Å². The first-order chi connectivity index (χ1) is 16.7. The van der Waals surface area contributed by atoms with Crippen molar-refractivity contribution in [1.29, 1.82) is 0 Å². The summed E-state index contributed by atoms with van der Waals surface area (Å²) >= 11 is 0. The van der Waals surface area contributed by atoms with E-state index in [1.807, 2.05) is 30.3 Å². The Morgan fingerprint density at radius 3 is 2.49 bits per heavy atom. The number of rotatable bonds is 6. The van der Waals surface area contributed by atoms with E-state index >= 15 is 0 Å². The summed E-state index contributed by atoms with van der Waals surface area (Å²) in [5.74, 6) is 5.01. The highest BCUT2D eigenvalue weighted by Crippen LogP contribution is 2.67. The van der Waals surface area contributed by atoms with Gasteiger partial charge in [0.2, 0.25) is 0 Å². The summed E-state index contributed by atoms with van der Waals surface area (Å²) in [5.41, 5.74) is 3.12. The summed E-state index contributed by atoms with van der Waals surface area (Å²) in [6.45, 7) is 12.6. The lowest BCUT2D eigenvalue weighted by Gasteiger charge is -2.58. The number of esters is 1. The highest BCUT2D eigenvalue weighted by Gasteiger charge is 2.59. The van der Waals surface area contributed by atoms with Gasteiger partial charge in [0.15, 0.2) is 0 Å². The smallest absolute Gasteiger partial charge is 0.338 e. The minimum absolute atomic E-state index is 0.0325. The van der Waals surface area contributed by atoms with Gasteiger partial charge in [0.25, 0.3) is 0 Å². The van der Waals surface area contributed by atoms with E-state index < -0.39 is 0 Å². The number of ether oxygens (including phenoxy) is 1. The average Bonchev–Trinajstić information content (AvgIpc) is 3.20. The maximum absolute atomic E-state index is 12.7. The van der Waals surface area contributed by atoms with Crippen LogP contribution >= 0.6 is 0 Å². The third-order valence-electron chi connectivity index (χ3n) is 11.3. The molecule has 1 aromatic carbocycles. The average molecular weight is 477 g/mol. The van der Waals surface area contributed by atoms with Crippen LogP contribution in [0.5, 0.6) is 0 Å². The zero-order chi connectivity index (χ0) is 24.8. The van der Waals surface area contributed by atoms with E-state index in [1.165, 1.54) is 51.4 Å². The van der Waals surface area contributed by atoms with Crippen LogP contribution in [0.25, 0.3) is 0 Å². The molecule has 3 fully saturated rings. The molecule has 0 aromatic heterocycles. The third-order valence-corrected chi connectivity index (χ3v) is 11.3. The SMILES string of the molecule is CC(C)CCC(C)C1CCC2C3CC=C4CC(OC(=O)c5ccccc5)CCC4(C)C3CCC12C. The van der Waals surface area contributed by atoms with Gasteiger partial charge < -0.3 is 4.74 Å². The second-order valence-electron chi connectivity index (χ2n) is 13.6. The Labute approximate surface area is 214 Å². The predicted octanol–water partition coefficient (Wildman–Crippen LogP) is 8.86. The van der Waals surface area contributed by atoms with Crippen molar-refractivity contribution >= 4 is 5.97 Å². The zero-order valence-electron chi connectivity index (χ0n) is 22.9. The van der Waals surface area contributed by atoms with Crippen molar-refractivity contribution in [1.82, 2.24) is 0 Å². The number of hydrogen-bond acceptors (Lipinski definition) is 2. The molecule has 192 valence electrons. The minimum Gasteiger partial charge on any atom is -0.458 e. The van der Waals surface area contributed by atoms with Gasteiger partial charge in [-0.05, 0) is 103 Å². The molecule has 2 nitrogen and oxygen atoms in total. The molecule has 1 aromatic rings. The molecule has 4 aliphatic rings. The molecule has 4 aliphatic carbocycles. The Bertz CT molecular complexity index is 932. The highest BCUT2D eigenvalue weighted by atomic mass is 16.5. The van der Waals surface area contributed by atoms with Crippen molar-refractivity contribution in [2.45, 2.75) is 105 Å². The summed E-state index contributed by atoms with van der Waals surface area (Å²) in [5, 5.41) is 0. The Balaban J connectivity index is 1.28. The fourth-order valence-electron chi connectivity index (χ4n) is 9.29. The first-order valence-corrected chi connectivity index (χ1v) is 14.7. The first-order valence-electron chi connectivity index (χ1n) is 14.7. The molecule has 35 heavy (non-hydrogen) atoms. The van der Waals surface area contributed by atoms with Crippen molar-refractivity contribution in [3.05, 3.63) is 47.5 Å². The number of benzene rings is 1. The predicted molar refractivity (Wildman–Crippen MR) is 144 cm³/mol. The monoisotopic (exact) mass is 476 g/mol. The van der Waals surface area contributed by atoms with Gasteiger partial charge in [0.1, 0.15) is 6.10 Å². The van der Waals surface area contributed by atoms with Crippen molar-refractivity contribution in [2.24, 2.45) is 46.3 Å². The molecule has 8 atom stereocenters. The van der Waals surface area contributed by atoms with Crippen molar-refractivity contribution in [3.63, 3.8) is 0 Å². The maximum atomic E-state index is 12.7. The second kappa shape index (κ2) is 9.71. The fraction of sp³-hybridized carbons (Fsp3) is 0.727. The van der Waals surface area contributed by atoms with Crippen LogP contribution in [0.1, 0.15) is 109 Å². The summed E-state index contributed by atoms with van der Waals surface area (Å²) < 4.78 is 5.99. The maximum Gasteiger partial charge on any atom is 0.338 e. The summed E-state index contributed by atoms with van der Waals surface area (Å²) in [6, 6.07) is 9.48. The summed E-state index contributed by atoms with van der Waals surface area (Å²) in [6.07, 6.45) is 15.5. The molecule has 2 heteroatoms. The molecular weight excluding hydrogens is 428 g/mol. The van der Waals surface area contributed by atoms with Crippen LogP contribution in [0.2, 0.25) is 0 Å². The van der Waals surface area contributed by atoms with E-state index in [-0.39, 0.29) is 12.1 Å². The van der Waals surface area contributed by atoms with E-state index in [9.17, 15) is 4.79 Å². The number of carbonyl (C=O) groups is 1. The van der Waals surface area contributed by atoms with Crippen molar-refractivity contribution in [3.8, 4) is 0 Å². The van der Waals surface area contributed by atoms with Crippen LogP contribution in [-0.2, 0) is 4.74 Å². The van der Waals surface area contributed by atoms with Gasteiger partial charge in [-0.15, -0.1) is 0 Å². The van der Waals surface area contributed by atoms with Gasteiger partial charge in [0, 0.05) is 6.42 Å².